The highest BCUT2D eigenvalue weighted by Crippen LogP contribution is 2.38. The largest absolute Gasteiger partial charge is 0.493 e. The molecule has 0 aliphatic carbocycles. The number of β-amino-alcohol motifs (C(OH)–C–C–N with tert-alkyl or cyclic N) is 1. The van der Waals surface area contributed by atoms with Crippen LogP contribution in [0.25, 0.3) is 10.4 Å². The number of fused-ring (bicyclic) bond motifs is 1. The molecule has 1 saturated heterocycles. The molecule has 0 bridgehead atoms. The van der Waals surface area contributed by atoms with Crippen molar-refractivity contribution in [3.8, 4) is 16.2 Å². The minimum atomic E-state index is -0.708. The summed E-state index contributed by atoms with van der Waals surface area (Å²) in [7, 11) is 0. The quantitative estimate of drug-likeness (QED) is 0.729. The molecular formula is C23H29N3O5S. The fourth-order valence-corrected chi connectivity index (χ4v) is 4.92. The first-order chi connectivity index (χ1) is 15.1. The summed E-state index contributed by atoms with van der Waals surface area (Å²) in [5.74, 6) is 0.106. The van der Waals surface area contributed by atoms with Gasteiger partial charge in [0.15, 0.2) is 0 Å². The van der Waals surface area contributed by atoms with Crippen LogP contribution in [0.4, 0.5) is 4.79 Å². The van der Waals surface area contributed by atoms with Crippen molar-refractivity contribution >= 4 is 23.3 Å². The molecule has 1 fully saturated rings. The second-order valence-corrected chi connectivity index (χ2v) is 10.1. The number of aliphatic hydroxyl groups excluding tert-OH is 1. The molecule has 2 amide bonds. The van der Waals surface area contributed by atoms with E-state index in [1.165, 1.54) is 4.90 Å². The number of aliphatic hydroxyl groups is 1. The Morgan fingerprint density at radius 3 is 2.81 bits per heavy atom. The van der Waals surface area contributed by atoms with E-state index in [2.05, 4.69) is 10.3 Å². The lowest BCUT2D eigenvalue weighted by Gasteiger charge is -2.31. The lowest BCUT2D eigenvalue weighted by molar-refractivity contribution is -0.124. The summed E-state index contributed by atoms with van der Waals surface area (Å²) in [6, 6.07) is 5.88. The van der Waals surface area contributed by atoms with Gasteiger partial charge in [0.1, 0.15) is 17.5 Å². The maximum Gasteiger partial charge on any atom is 0.412 e. The number of thiazole rings is 1. The van der Waals surface area contributed by atoms with Crippen molar-refractivity contribution < 1.29 is 24.2 Å². The van der Waals surface area contributed by atoms with Gasteiger partial charge in [0, 0.05) is 12.0 Å². The fourth-order valence-electron chi connectivity index (χ4n) is 4.12. The van der Waals surface area contributed by atoms with Crippen LogP contribution in [-0.4, -0.2) is 58.0 Å². The van der Waals surface area contributed by atoms with Crippen LogP contribution in [0.5, 0.6) is 5.75 Å². The Kier molecular flexibility index (Phi) is 6.13. The van der Waals surface area contributed by atoms with Gasteiger partial charge in [-0.05, 0) is 45.7 Å². The molecule has 3 atom stereocenters. The Morgan fingerprint density at radius 2 is 2.12 bits per heavy atom. The SMILES string of the molecule is Cc1ncsc1-c1ccc2c(c1)OCCC2C(=O)N[C@@H]1C[C@@H](O)CN1C(=O)OC(C)(C)C. The highest BCUT2D eigenvalue weighted by molar-refractivity contribution is 7.13. The summed E-state index contributed by atoms with van der Waals surface area (Å²) in [5.41, 5.74) is 3.95. The molecule has 2 N–H and O–H groups in total. The van der Waals surface area contributed by atoms with Crippen molar-refractivity contribution in [2.24, 2.45) is 0 Å². The van der Waals surface area contributed by atoms with Gasteiger partial charge < -0.3 is 19.9 Å². The Labute approximate surface area is 191 Å². The zero-order valence-electron chi connectivity index (χ0n) is 18.8. The maximum atomic E-state index is 13.2. The zero-order chi connectivity index (χ0) is 23.0. The van der Waals surface area contributed by atoms with E-state index in [1.807, 2.05) is 30.6 Å². The van der Waals surface area contributed by atoms with Crippen molar-refractivity contribution in [3.05, 3.63) is 35.0 Å². The number of rotatable bonds is 3. The molecule has 4 rings (SSSR count). The van der Waals surface area contributed by atoms with E-state index in [-0.39, 0.29) is 18.9 Å². The van der Waals surface area contributed by atoms with Crippen LogP contribution in [0.2, 0.25) is 0 Å². The Hall–Kier alpha value is -2.65. The van der Waals surface area contributed by atoms with Crippen LogP contribution in [0.1, 0.15) is 50.8 Å². The highest BCUT2D eigenvalue weighted by Gasteiger charge is 2.39. The normalized spacial score (nSPS) is 22.8. The fraction of sp³-hybridized carbons (Fsp3) is 0.522. The van der Waals surface area contributed by atoms with Gasteiger partial charge in [0.25, 0.3) is 0 Å². The number of ether oxygens (including phenoxy) is 2. The molecule has 1 unspecified atom stereocenters. The van der Waals surface area contributed by atoms with Crippen LogP contribution >= 0.6 is 11.3 Å². The van der Waals surface area contributed by atoms with Crippen LogP contribution in [0.3, 0.4) is 0 Å². The standard InChI is InChI=1S/C23H29N3O5S/c1-13-20(32-12-24-13)14-5-6-16-17(7-8-30-18(16)9-14)21(28)25-19-10-15(27)11-26(19)22(29)31-23(2,3)4/h5-6,9,12,15,17,19,27H,7-8,10-11H2,1-4H3,(H,25,28)/t15-,17?,19+/m1/s1. The Balaban J connectivity index is 1.51. The van der Waals surface area contributed by atoms with Gasteiger partial charge in [0.2, 0.25) is 5.91 Å². The molecule has 0 radical (unpaired) electrons. The number of nitrogens with one attached hydrogen (secondary N) is 1. The van der Waals surface area contributed by atoms with E-state index in [9.17, 15) is 14.7 Å². The molecule has 32 heavy (non-hydrogen) atoms. The summed E-state index contributed by atoms with van der Waals surface area (Å²) in [5, 5.41) is 13.1. The number of aromatic nitrogens is 1. The van der Waals surface area contributed by atoms with Crippen molar-refractivity contribution in [2.45, 2.75) is 64.3 Å². The summed E-state index contributed by atoms with van der Waals surface area (Å²) >= 11 is 1.57. The predicted octanol–water partition coefficient (Wildman–Crippen LogP) is 3.43. The monoisotopic (exact) mass is 459 g/mol. The minimum absolute atomic E-state index is 0.127. The van der Waals surface area contributed by atoms with Gasteiger partial charge in [-0.3, -0.25) is 9.69 Å². The molecule has 172 valence electrons. The first-order valence-corrected chi connectivity index (χ1v) is 11.7. The van der Waals surface area contributed by atoms with Crippen molar-refractivity contribution in [1.29, 1.82) is 0 Å². The van der Waals surface area contributed by atoms with E-state index < -0.39 is 29.9 Å². The lowest BCUT2D eigenvalue weighted by Crippen LogP contribution is -2.50. The summed E-state index contributed by atoms with van der Waals surface area (Å²) in [4.78, 5) is 32.6. The highest BCUT2D eigenvalue weighted by atomic mass is 32.1. The number of hydrogen-bond donors (Lipinski definition) is 2. The molecular weight excluding hydrogens is 430 g/mol. The van der Waals surface area contributed by atoms with Gasteiger partial charge >= 0.3 is 6.09 Å². The Morgan fingerprint density at radius 1 is 1.34 bits per heavy atom. The zero-order valence-corrected chi connectivity index (χ0v) is 19.6. The van der Waals surface area contributed by atoms with E-state index >= 15 is 0 Å². The Bertz CT molecular complexity index is 1020. The van der Waals surface area contributed by atoms with Crippen molar-refractivity contribution in [2.75, 3.05) is 13.2 Å². The lowest BCUT2D eigenvalue weighted by atomic mass is 9.91. The van der Waals surface area contributed by atoms with Gasteiger partial charge in [-0.15, -0.1) is 11.3 Å². The average molecular weight is 460 g/mol. The number of hydrogen-bond acceptors (Lipinski definition) is 7. The van der Waals surface area contributed by atoms with Crippen molar-refractivity contribution in [3.63, 3.8) is 0 Å². The second kappa shape index (κ2) is 8.71. The van der Waals surface area contributed by atoms with Crippen LogP contribution < -0.4 is 10.1 Å². The molecule has 8 nitrogen and oxygen atoms in total. The van der Waals surface area contributed by atoms with Gasteiger partial charge in [0.05, 0.1) is 41.3 Å². The molecule has 2 aliphatic rings. The number of likely N-dealkylation sites (tertiary alicyclic amines) is 1. The smallest absolute Gasteiger partial charge is 0.412 e. The van der Waals surface area contributed by atoms with Crippen LogP contribution in [0, 0.1) is 6.92 Å². The first kappa shape index (κ1) is 22.5. The topological polar surface area (TPSA) is 101 Å². The average Bonchev–Trinajstić information content (AvgIpc) is 3.31. The maximum absolute atomic E-state index is 13.2. The molecule has 2 aliphatic heterocycles. The van der Waals surface area contributed by atoms with Crippen molar-refractivity contribution in [1.82, 2.24) is 15.2 Å². The number of amides is 2. The summed E-state index contributed by atoms with van der Waals surface area (Å²) in [6.45, 7) is 7.87. The molecule has 0 spiro atoms. The molecule has 1 aromatic carbocycles. The van der Waals surface area contributed by atoms with E-state index in [1.54, 1.807) is 32.1 Å². The molecule has 1 aromatic heterocycles. The molecule has 2 aromatic rings. The number of aryl methyl sites for hydroxylation is 1. The summed E-state index contributed by atoms with van der Waals surface area (Å²) in [6.07, 6.45) is -1.06. The third kappa shape index (κ3) is 4.73. The third-order valence-electron chi connectivity index (χ3n) is 5.59. The molecule has 0 saturated carbocycles. The van der Waals surface area contributed by atoms with Crippen LogP contribution in [0.15, 0.2) is 23.7 Å². The van der Waals surface area contributed by atoms with Gasteiger partial charge in [-0.25, -0.2) is 9.78 Å². The third-order valence-corrected chi connectivity index (χ3v) is 6.57. The van der Waals surface area contributed by atoms with Gasteiger partial charge in [-0.1, -0.05) is 12.1 Å². The van der Waals surface area contributed by atoms with Crippen LogP contribution in [-0.2, 0) is 9.53 Å². The molecule has 9 heteroatoms. The summed E-state index contributed by atoms with van der Waals surface area (Å²) < 4.78 is 11.3. The van der Waals surface area contributed by atoms with E-state index in [0.717, 1.165) is 21.7 Å². The number of benzene rings is 1. The second-order valence-electron chi connectivity index (χ2n) is 9.26. The van der Waals surface area contributed by atoms with E-state index in [0.29, 0.717) is 18.8 Å². The van der Waals surface area contributed by atoms with Gasteiger partial charge in [-0.2, -0.15) is 0 Å². The minimum Gasteiger partial charge on any atom is -0.493 e. The first-order valence-electron chi connectivity index (χ1n) is 10.8. The predicted molar refractivity (Wildman–Crippen MR) is 121 cm³/mol. The number of nitrogens with zero attached hydrogens (tertiary/aromatic N) is 2. The number of carbonyl (C=O) groups excluding carboxylic acids is 2. The number of carbonyl (C=O) groups is 2. The van der Waals surface area contributed by atoms with E-state index in [4.69, 9.17) is 9.47 Å². The molecule has 3 heterocycles.